The van der Waals surface area contributed by atoms with E-state index in [1.165, 1.54) is 0 Å². The van der Waals surface area contributed by atoms with Crippen molar-refractivity contribution in [3.63, 3.8) is 0 Å². The van der Waals surface area contributed by atoms with Crippen LogP contribution in [0.25, 0.3) is 0 Å². The van der Waals surface area contributed by atoms with Crippen LogP contribution in [0.2, 0.25) is 104 Å². The minimum absolute atomic E-state index is 0. The highest BCUT2D eigenvalue weighted by Gasteiger charge is 2.41. The Morgan fingerprint density at radius 3 is 1.09 bits per heavy atom. The van der Waals surface area contributed by atoms with Crippen molar-refractivity contribution < 1.29 is 62.0 Å². The SMILES string of the molecule is C.C.C.C.C.C.C.C.C=C(C)C(=O)OCCN(C)C.C=C(C)C(=O)OCC[N+](C)(C)CC(=O)NCCC[Si](C)(O[Si](C)(C)C)O[Si](C)(C)C.C[Si](C)(C)O[Si](C)(CCCNC(=O)CCl)O[Si](C)(C)C.[Cl-]. The van der Waals surface area contributed by atoms with E-state index in [0.29, 0.717) is 48.4 Å². The lowest BCUT2D eigenvalue weighted by Crippen LogP contribution is -3.00. The molecule has 0 heterocycles. The van der Waals surface area contributed by atoms with Gasteiger partial charge in [0.25, 0.3) is 5.91 Å². The van der Waals surface area contributed by atoms with Crippen LogP contribution in [0.5, 0.6) is 0 Å². The monoisotopic (exact) mass is 1150 g/mol. The molecule has 0 aromatic heterocycles. The summed E-state index contributed by atoms with van der Waals surface area (Å²) in [6.45, 7) is 44.5. The van der Waals surface area contributed by atoms with Crippen molar-refractivity contribution in [2.75, 3.05) is 80.0 Å². The molecule has 0 unspecified atom stereocenters. The van der Waals surface area contributed by atoms with Crippen LogP contribution >= 0.6 is 11.6 Å². The molecule has 0 aliphatic carbocycles. The van der Waals surface area contributed by atoms with Gasteiger partial charge in [-0.25, -0.2) is 9.59 Å². The van der Waals surface area contributed by atoms with Gasteiger partial charge in [-0.3, -0.25) is 9.59 Å². The maximum Gasteiger partial charge on any atom is 0.333 e. The van der Waals surface area contributed by atoms with Crippen LogP contribution in [-0.2, 0) is 45.1 Å². The average molecular weight is 1150 g/mol. The van der Waals surface area contributed by atoms with E-state index in [1.54, 1.807) is 13.8 Å². The Morgan fingerprint density at radius 2 is 0.829 bits per heavy atom. The average Bonchev–Trinajstić information content (AvgIpc) is 3.01. The summed E-state index contributed by atoms with van der Waals surface area (Å²) in [5, 5.41) is 5.81. The minimum Gasteiger partial charge on any atom is -1.00 e. The highest BCUT2D eigenvalue weighted by Crippen LogP contribution is 2.26. The number of amides is 2. The van der Waals surface area contributed by atoms with E-state index in [1.807, 2.05) is 33.1 Å². The Balaban J connectivity index is -0.0000000739. The van der Waals surface area contributed by atoms with Crippen molar-refractivity contribution in [1.29, 1.82) is 0 Å². The molecule has 0 bridgehead atoms. The summed E-state index contributed by atoms with van der Waals surface area (Å²) in [5.41, 5.74) is 0.827. The molecule has 0 aromatic rings. The first kappa shape index (κ1) is 98.2. The molecule has 22 heteroatoms. The number of hydrogen-bond donors (Lipinski definition) is 2. The van der Waals surface area contributed by atoms with Crippen LogP contribution < -0.4 is 23.0 Å². The van der Waals surface area contributed by atoms with E-state index < -0.39 is 56.4 Å². The van der Waals surface area contributed by atoms with Crippen molar-refractivity contribution in [1.82, 2.24) is 15.5 Å². The number of hydrogen-bond acceptors (Lipinski definition) is 11. The molecule has 0 saturated heterocycles. The number of quaternary nitrogens is 1. The Bertz CT molecular complexity index is 1340. The van der Waals surface area contributed by atoms with Gasteiger partial charge in [-0.05, 0) is 145 Å². The Labute approximate surface area is 454 Å². The molecule has 0 atom stereocenters. The lowest BCUT2D eigenvalue weighted by atomic mass is 10.3. The Hall–Kier alpha value is -0.999. The quantitative estimate of drug-likeness (QED) is 0.0202. The molecular formula is C48H122Cl2N4O10Si6. The van der Waals surface area contributed by atoms with Crippen molar-refractivity contribution >= 4 is 85.7 Å². The first-order valence-electron chi connectivity index (χ1n) is 21.3. The number of alkyl halides is 1. The summed E-state index contributed by atoms with van der Waals surface area (Å²) >= 11 is 5.45. The fourth-order valence-corrected chi connectivity index (χ4v) is 30.8. The molecule has 0 rings (SSSR count). The summed E-state index contributed by atoms with van der Waals surface area (Å²) in [4.78, 5) is 47.7. The van der Waals surface area contributed by atoms with Gasteiger partial charge in [0, 0.05) is 30.8 Å². The molecule has 0 radical (unpaired) electrons. The van der Waals surface area contributed by atoms with Crippen molar-refractivity contribution in [2.45, 2.75) is 190 Å². The smallest absolute Gasteiger partial charge is 0.333 e. The molecule has 2 amide bonds. The first-order chi connectivity index (χ1) is 27.2. The van der Waals surface area contributed by atoms with Gasteiger partial charge in [-0.1, -0.05) is 72.6 Å². The van der Waals surface area contributed by atoms with E-state index in [2.05, 4.69) is 115 Å². The van der Waals surface area contributed by atoms with Crippen molar-refractivity contribution in [2.24, 2.45) is 0 Å². The van der Waals surface area contributed by atoms with E-state index in [-0.39, 0.29) is 102 Å². The van der Waals surface area contributed by atoms with Crippen molar-refractivity contribution in [3.05, 3.63) is 24.3 Å². The van der Waals surface area contributed by atoms with Crippen LogP contribution in [0.3, 0.4) is 0 Å². The number of ether oxygens (including phenoxy) is 2. The molecule has 0 spiro atoms. The third kappa shape index (κ3) is 65.0. The van der Waals surface area contributed by atoms with Crippen LogP contribution in [0, 0.1) is 0 Å². The predicted molar refractivity (Wildman–Crippen MR) is 322 cm³/mol. The van der Waals surface area contributed by atoms with Gasteiger partial charge >= 0.3 is 29.1 Å². The van der Waals surface area contributed by atoms with Crippen LogP contribution in [-0.4, -0.2) is 164 Å². The zero-order valence-electron chi connectivity index (χ0n) is 42.6. The number of nitrogens with one attached hydrogen (secondary N) is 2. The van der Waals surface area contributed by atoms with Gasteiger partial charge in [0.05, 0.1) is 14.1 Å². The maximum absolute atomic E-state index is 12.4. The Kier molecular flexibility index (Phi) is 63.7. The van der Waals surface area contributed by atoms with Crippen LogP contribution in [0.4, 0.5) is 0 Å². The molecule has 2 N–H and O–H groups in total. The molecule has 70 heavy (non-hydrogen) atoms. The number of carbonyl (C=O) groups excluding carboxylic acids is 4. The van der Waals surface area contributed by atoms with E-state index in [4.69, 9.17) is 37.5 Å². The maximum atomic E-state index is 12.4. The van der Waals surface area contributed by atoms with E-state index in [9.17, 15) is 19.2 Å². The fraction of sp³-hybridized carbons (Fsp3) is 0.833. The normalized spacial score (nSPS) is 11.0. The number of carbonyl (C=O) groups is 4. The number of likely N-dealkylation sites (N-methyl/N-ethyl adjacent to an activating group) is 2. The summed E-state index contributed by atoms with van der Waals surface area (Å²) in [6.07, 6.45) is 1.72. The van der Waals surface area contributed by atoms with Gasteiger partial charge in [-0.2, -0.15) is 0 Å². The van der Waals surface area contributed by atoms with Gasteiger partial charge in [0.15, 0.2) is 39.8 Å². The van der Waals surface area contributed by atoms with E-state index in [0.717, 1.165) is 31.5 Å². The zero-order valence-corrected chi connectivity index (χ0v) is 50.1. The van der Waals surface area contributed by atoms with Gasteiger partial charge in [0.2, 0.25) is 5.91 Å². The third-order valence-corrected chi connectivity index (χ3v) is 26.9. The number of rotatable bonds is 27. The standard InChI is InChI=1S/C20H44N2O5Si3.C12H30ClNO3Si3.C8H15NO2.8CH4.ClH/c1-18(2)20(24)25-15-14-22(3,4)17-19(23)21-13-12-16-30(11,26-28(5,6)7)27-29(8,9)10;1-18(2,3)16-20(7,17-19(4,5)6)10-8-9-14-12(15)11-13;1-7(2)8(10)11-6-5-9(3)4;;;;;;;;;/h1,12-17H2,2-11H3;8-11H2,1-7H3,(H,14,15);1,5-6H2,2-4H3;8*1H4;1H. The summed E-state index contributed by atoms with van der Waals surface area (Å²) in [5.74, 6) is -0.815. The molecule has 0 saturated carbocycles. The molecule has 0 aliphatic heterocycles. The Morgan fingerprint density at radius 1 is 0.543 bits per heavy atom. The lowest BCUT2D eigenvalue weighted by Gasteiger charge is -2.38. The second-order valence-corrected chi connectivity index (χ2v) is 46.6. The molecule has 0 fully saturated rings. The first-order valence-corrected chi connectivity index (χ1v) is 40.5. The highest BCUT2D eigenvalue weighted by molar-refractivity contribution is 6.88. The van der Waals surface area contributed by atoms with Gasteiger partial charge in [0.1, 0.15) is 25.6 Å². The topological polar surface area (TPSA) is 151 Å². The van der Waals surface area contributed by atoms with Crippen LogP contribution in [0.15, 0.2) is 24.3 Å². The highest BCUT2D eigenvalue weighted by atomic mass is 35.5. The predicted octanol–water partition coefficient (Wildman–Crippen LogP) is 9.73. The summed E-state index contributed by atoms with van der Waals surface area (Å²) in [7, 11) is -3.36. The second-order valence-electron chi connectivity index (χ2n) is 20.6. The summed E-state index contributed by atoms with van der Waals surface area (Å²) < 4.78 is 36.2. The molecule has 14 nitrogen and oxygen atoms in total. The van der Waals surface area contributed by atoms with Crippen molar-refractivity contribution in [3.8, 4) is 0 Å². The fourth-order valence-electron chi connectivity index (χ4n) is 5.63. The third-order valence-electron chi connectivity index (χ3n) is 7.44. The number of nitrogens with zero attached hydrogens (tertiary/aromatic N) is 2. The number of esters is 2. The molecule has 0 aliphatic rings. The zero-order chi connectivity index (χ0) is 48.7. The molecule has 0 aromatic carbocycles. The molecule has 432 valence electrons. The second kappa shape index (κ2) is 45.4. The van der Waals surface area contributed by atoms with E-state index >= 15 is 0 Å². The lowest BCUT2D eigenvalue weighted by molar-refractivity contribution is -0.882. The largest absolute Gasteiger partial charge is 1.00 e. The molecular weight excluding hydrogens is 1030 g/mol. The van der Waals surface area contributed by atoms with Crippen LogP contribution in [0.1, 0.15) is 86.1 Å². The summed E-state index contributed by atoms with van der Waals surface area (Å²) in [6, 6.07) is 1.78. The van der Waals surface area contributed by atoms with Gasteiger partial charge < -0.3 is 58.4 Å². The van der Waals surface area contributed by atoms with Gasteiger partial charge in [-0.15, -0.1) is 11.6 Å². The minimum atomic E-state index is -2.26. The number of halogens is 2.